The number of fused-ring (bicyclic) bond motifs is 1. The van der Waals surface area contributed by atoms with Crippen molar-refractivity contribution in [3.8, 4) is 0 Å². The summed E-state index contributed by atoms with van der Waals surface area (Å²) in [6, 6.07) is 14.5. The molecule has 0 aliphatic heterocycles. The molecule has 3 rings (SSSR count). The lowest BCUT2D eigenvalue weighted by molar-refractivity contribution is 0.173. The topological polar surface area (TPSA) is 32.3 Å². The van der Waals surface area contributed by atoms with E-state index in [-0.39, 0.29) is 0 Å². The van der Waals surface area contributed by atoms with Crippen LogP contribution in [0.25, 0.3) is 10.8 Å². The molecule has 1 fully saturated rings. The van der Waals surface area contributed by atoms with Crippen LogP contribution in [0, 0.1) is 5.92 Å². The summed E-state index contributed by atoms with van der Waals surface area (Å²) in [7, 11) is 0. The average Bonchev–Trinajstić information content (AvgIpc) is 3.00. The van der Waals surface area contributed by atoms with Crippen LogP contribution in [0.1, 0.15) is 37.4 Å². The molecule has 0 bridgehead atoms. The van der Waals surface area contributed by atoms with E-state index in [0.717, 1.165) is 18.0 Å². The van der Waals surface area contributed by atoms with Crippen LogP contribution in [0.2, 0.25) is 0 Å². The maximum Gasteiger partial charge on any atom is 0.0914 e. The van der Waals surface area contributed by atoms with Crippen molar-refractivity contribution in [1.82, 2.24) is 5.32 Å². The van der Waals surface area contributed by atoms with Gasteiger partial charge in [0, 0.05) is 6.54 Å². The van der Waals surface area contributed by atoms with Gasteiger partial charge in [0.15, 0.2) is 0 Å². The third kappa shape index (κ3) is 3.20. The first-order chi connectivity index (χ1) is 9.83. The summed E-state index contributed by atoms with van der Waals surface area (Å²) in [6.07, 6.45) is 5.03. The van der Waals surface area contributed by atoms with Crippen molar-refractivity contribution in [3.05, 3.63) is 48.0 Å². The molecule has 2 N–H and O–H groups in total. The zero-order chi connectivity index (χ0) is 13.8. The molecule has 20 heavy (non-hydrogen) atoms. The second-order valence-corrected chi connectivity index (χ2v) is 5.93. The molecule has 2 aromatic rings. The monoisotopic (exact) mass is 269 g/mol. The number of nitrogens with one attached hydrogen (secondary N) is 1. The van der Waals surface area contributed by atoms with Crippen LogP contribution in [0.3, 0.4) is 0 Å². The van der Waals surface area contributed by atoms with Crippen molar-refractivity contribution in [3.63, 3.8) is 0 Å². The largest absolute Gasteiger partial charge is 0.387 e. The van der Waals surface area contributed by atoms with Crippen LogP contribution in [0.5, 0.6) is 0 Å². The molecule has 106 valence electrons. The molecule has 0 radical (unpaired) electrons. The first-order valence-electron chi connectivity index (χ1n) is 7.70. The van der Waals surface area contributed by atoms with E-state index in [4.69, 9.17) is 0 Å². The Hall–Kier alpha value is -1.38. The van der Waals surface area contributed by atoms with E-state index < -0.39 is 6.10 Å². The maximum absolute atomic E-state index is 10.3. The van der Waals surface area contributed by atoms with Gasteiger partial charge in [-0.1, -0.05) is 49.2 Å². The minimum absolute atomic E-state index is 0.416. The van der Waals surface area contributed by atoms with Gasteiger partial charge in [0.1, 0.15) is 0 Å². The van der Waals surface area contributed by atoms with Crippen LogP contribution in [-0.2, 0) is 0 Å². The van der Waals surface area contributed by atoms with Crippen LogP contribution < -0.4 is 5.32 Å². The minimum Gasteiger partial charge on any atom is -0.387 e. The SMILES string of the molecule is OC(CNCC1CCCC1)c1ccc2ccccc2c1. The lowest BCUT2D eigenvalue weighted by Crippen LogP contribution is -2.26. The fourth-order valence-electron chi connectivity index (χ4n) is 3.17. The fraction of sp³-hybridized carbons (Fsp3) is 0.444. The summed E-state index contributed by atoms with van der Waals surface area (Å²) in [4.78, 5) is 0. The van der Waals surface area contributed by atoms with Crippen LogP contribution in [-0.4, -0.2) is 18.2 Å². The molecule has 0 heterocycles. The Kier molecular flexibility index (Phi) is 4.34. The molecular formula is C18H23NO. The summed E-state index contributed by atoms with van der Waals surface area (Å²) in [5.41, 5.74) is 1.00. The number of aliphatic hydroxyl groups excluding tert-OH is 1. The third-order valence-corrected chi connectivity index (χ3v) is 4.40. The normalized spacial score (nSPS) is 17.6. The smallest absolute Gasteiger partial charge is 0.0914 e. The van der Waals surface area contributed by atoms with Gasteiger partial charge in [-0.05, 0) is 47.7 Å². The average molecular weight is 269 g/mol. The quantitative estimate of drug-likeness (QED) is 0.868. The number of hydrogen-bond acceptors (Lipinski definition) is 2. The zero-order valence-corrected chi connectivity index (χ0v) is 11.9. The number of hydrogen-bond donors (Lipinski definition) is 2. The molecule has 0 spiro atoms. The van der Waals surface area contributed by atoms with E-state index in [1.54, 1.807) is 0 Å². The van der Waals surface area contributed by atoms with Crippen LogP contribution >= 0.6 is 0 Å². The van der Waals surface area contributed by atoms with Crippen molar-refractivity contribution in [2.24, 2.45) is 5.92 Å². The summed E-state index contributed by atoms with van der Waals surface area (Å²) in [6.45, 7) is 1.69. The minimum atomic E-state index is -0.416. The van der Waals surface area contributed by atoms with E-state index in [2.05, 4.69) is 29.6 Å². The molecule has 0 amide bonds. The first kappa shape index (κ1) is 13.6. The summed E-state index contributed by atoms with van der Waals surface area (Å²) in [5.74, 6) is 0.818. The predicted molar refractivity (Wildman–Crippen MR) is 83.7 cm³/mol. The standard InChI is InChI=1S/C18H23NO/c20-18(13-19-12-14-5-1-2-6-14)17-10-9-15-7-3-4-8-16(15)11-17/h3-4,7-11,14,18-20H,1-2,5-6,12-13H2. The molecule has 0 saturated heterocycles. The van der Waals surface area contributed by atoms with Crippen molar-refractivity contribution < 1.29 is 5.11 Å². The van der Waals surface area contributed by atoms with Gasteiger partial charge in [0.05, 0.1) is 6.10 Å². The fourth-order valence-corrected chi connectivity index (χ4v) is 3.17. The zero-order valence-electron chi connectivity index (χ0n) is 11.9. The van der Waals surface area contributed by atoms with Crippen LogP contribution in [0.4, 0.5) is 0 Å². The lowest BCUT2D eigenvalue weighted by Gasteiger charge is -2.15. The molecule has 1 aliphatic rings. The molecule has 2 heteroatoms. The highest BCUT2D eigenvalue weighted by Crippen LogP contribution is 2.24. The Balaban J connectivity index is 1.58. The molecule has 0 aromatic heterocycles. The molecule has 2 aromatic carbocycles. The van der Waals surface area contributed by atoms with Gasteiger partial charge in [-0.3, -0.25) is 0 Å². The first-order valence-corrected chi connectivity index (χ1v) is 7.70. The highest BCUT2D eigenvalue weighted by atomic mass is 16.3. The van der Waals surface area contributed by atoms with Gasteiger partial charge in [-0.15, -0.1) is 0 Å². The lowest BCUT2D eigenvalue weighted by atomic mass is 10.0. The van der Waals surface area contributed by atoms with Crippen molar-refractivity contribution in [1.29, 1.82) is 0 Å². The van der Waals surface area contributed by atoms with E-state index in [1.165, 1.54) is 36.5 Å². The van der Waals surface area contributed by atoms with Gasteiger partial charge in [-0.2, -0.15) is 0 Å². The van der Waals surface area contributed by atoms with Gasteiger partial charge < -0.3 is 10.4 Å². The van der Waals surface area contributed by atoms with E-state index in [9.17, 15) is 5.11 Å². The molecular weight excluding hydrogens is 246 g/mol. The molecule has 1 atom stereocenters. The molecule has 1 unspecified atom stereocenters. The Morgan fingerprint density at radius 2 is 1.80 bits per heavy atom. The highest BCUT2D eigenvalue weighted by molar-refractivity contribution is 5.83. The number of rotatable bonds is 5. The van der Waals surface area contributed by atoms with Crippen molar-refractivity contribution >= 4 is 10.8 Å². The number of aliphatic hydroxyl groups is 1. The second-order valence-electron chi connectivity index (χ2n) is 5.93. The third-order valence-electron chi connectivity index (χ3n) is 4.40. The number of benzene rings is 2. The highest BCUT2D eigenvalue weighted by Gasteiger charge is 2.15. The second kappa shape index (κ2) is 6.38. The van der Waals surface area contributed by atoms with Crippen molar-refractivity contribution in [2.75, 3.05) is 13.1 Å². The van der Waals surface area contributed by atoms with Gasteiger partial charge in [-0.25, -0.2) is 0 Å². The Morgan fingerprint density at radius 3 is 2.60 bits per heavy atom. The molecule has 1 aliphatic carbocycles. The maximum atomic E-state index is 10.3. The van der Waals surface area contributed by atoms with E-state index >= 15 is 0 Å². The molecule has 2 nitrogen and oxygen atoms in total. The Bertz CT molecular complexity index is 560. The summed E-state index contributed by atoms with van der Waals surface area (Å²) < 4.78 is 0. The van der Waals surface area contributed by atoms with Gasteiger partial charge in [0.2, 0.25) is 0 Å². The van der Waals surface area contributed by atoms with E-state index in [0.29, 0.717) is 6.54 Å². The van der Waals surface area contributed by atoms with Gasteiger partial charge in [0.25, 0.3) is 0 Å². The summed E-state index contributed by atoms with van der Waals surface area (Å²) >= 11 is 0. The van der Waals surface area contributed by atoms with Crippen LogP contribution in [0.15, 0.2) is 42.5 Å². The Morgan fingerprint density at radius 1 is 1.05 bits per heavy atom. The van der Waals surface area contributed by atoms with E-state index in [1.807, 2.05) is 18.2 Å². The molecule has 1 saturated carbocycles. The Labute approximate surface area is 120 Å². The van der Waals surface area contributed by atoms with Gasteiger partial charge >= 0.3 is 0 Å². The van der Waals surface area contributed by atoms with Crippen molar-refractivity contribution in [2.45, 2.75) is 31.8 Å². The summed E-state index contributed by atoms with van der Waals surface area (Å²) in [5, 5.41) is 16.1. The predicted octanol–water partition coefficient (Wildman–Crippen LogP) is 3.65.